The topological polar surface area (TPSA) is 66.8 Å². The van der Waals surface area contributed by atoms with Crippen molar-refractivity contribution in [1.82, 2.24) is 4.90 Å². The van der Waals surface area contributed by atoms with E-state index in [1.54, 1.807) is 23.1 Å². The molecule has 5 heteroatoms. The van der Waals surface area contributed by atoms with E-state index in [2.05, 4.69) is 0 Å². The zero-order chi connectivity index (χ0) is 17.3. The number of rotatable bonds is 3. The van der Waals surface area contributed by atoms with Crippen molar-refractivity contribution in [1.29, 1.82) is 0 Å². The average molecular weight is 325 g/mol. The Morgan fingerprint density at radius 2 is 2.04 bits per heavy atom. The van der Waals surface area contributed by atoms with Crippen molar-refractivity contribution in [3.05, 3.63) is 64.9 Å². The minimum Gasteiger partial charge on any atom is -0.496 e. The lowest BCUT2D eigenvalue weighted by Gasteiger charge is -2.38. The highest BCUT2D eigenvalue weighted by molar-refractivity contribution is 6.00. The van der Waals surface area contributed by atoms with Gasteiger partial charge in [-0.05, 0) is 37.1 Å². The fourth-order valence-electron chi connectivity index (χ4n) is 3.28. The highest BCUT2D eigenvalue weighted by atomic mass is 16.5. The maximum atomic E-state index is 13.1. The van der Waals surface area contributed by atoms with Crippen LogP contribution in [0.3, 0.4) is 0 Å². The fourth-order valence-corrected chi connectivity index (χ4v) is 3.28. The smallest absolute Gasteiger partial charge is 0.332 e. The minimum absolute atomic E-state index is 0.177. The Hall–Kier alpha value is -2.82. The van der Waals surface area contributed by atoms with Crippen LogP contribution in [0, 0.1) is 0 Å². The number of hydrogen-bond donors (Lipinski definition) is 1. The van der Waals surface area contributed by atoms with E-state index in [9.17, 15) is 14.7 Å². The van der Waals surface area contributed by atoms with E-state index in [0.717, 1.165) is 0 Å². The number of carboxylic acid groups (broad SMARTS) is 1. The normalized spacial score (nSPS) is 19.7. The average Bonchev–Trinajstić information content (AvgIpc) is 2.60. The molecular weight excluding hydrogens is 306 g/mol. The first-order valence-corrected chi connectivity index (χ1v) is 7.83. The zero-order valence-electron chi connectivity index (χ0n) is 13.7. The number of hydrogen-bond acceptors (Lipinski definition) is 3. The number of para-hydroxylation sites is 1. The Bertz CT molecular complexity index is 788. The van der Waals surface area contributed by atoms with Gasteiger partial charge in [-0.1, -0.05) is 24.3 Å². The van der Waals surface area contributed by atoms with Gasteiger partial charge < -0.3 is 14.7 Å². The standard InChI is InChI=1S/C19H19NO4/c1-12-11-15(19(22)23)13-7-3-5-9-16(13)20(12)18(21)14-8-4-6-10-17(14)24-2/h3-6,8-10,12H,7,11H2,1-2H3,(H,22,23). The lowest BCUT2D eigenvalue weighted by Crippen LogP contribution is -2.43. The van der Waals surface area contributed by atoms with E-state index in [0.29, 0.717) is 41.0 Å². The van der Waals surface area contributed by atoms with Crippen LogP contribution in [0.15, 0.2) is 59.3 Å². The van der Waals surface area contributed by atoms with Crippen LogP contribution in [0.4, 0.5) is 0 Å². The van der Waals surface area contributed by atoms with Gasteiger partial charge in [0.15, 0.2) is 0 Å². The van der Waals surface area contributed by atoms with Crippen LogP contribution in [0.25, 0.3) is 0 Å². The van der Waals surface area contributed by atoms with Gasteiger partial charge in [0.2, 0.25) is 0 Å². The molecule has 1 aliphatic heterocycles. The van der Waals surface area contributed by atoms with Crippen molar-refractivity contribution in [2.24, 2.45) is 0 Å². The monoisotopic (exact) mass is 325 g/mol. The Morgan fingerprint density at radius 3 is 2.75 bits per heavy atom. The summed E-state index contributed by atoms with van der Waals surface area (Å²) in [7, 11) is 1.53. The summed E-state index contributed by atoms with van der Waals surface area (Å²) in [6.45, 7) is 1.87. The van der Waals surface area contributed by atoms with E-state index in [1.807, 2.05) is 31.2 Å². The Balaban J connectivity index is 2.08. The third kappa shape index (κ3) is 2.62. The highest BCUT2D eigenvalue weighted by Crippen LogP contribution is 2.37. The Kier molecular flexibility index (Phi) is 4.25. The molecular formula is C19H19NO4. The number of carbonyl (C=O) groups excluding carboxylic acids is 1. The number of amides is 1. The Labute approximate surface area is 140 Å². The number of methoxy groups -OCH3 is 1. The van der Waals surface area contributed by atoms with Crippen molar-refractivity contribution < 1.29 is 19.4 Å². The van der Waals surface area contributed by atoms with Gasteiger partial charge in [-0.2, -0.15) is 0 Å². The molecule has 1 aromatic rings. The van der Waals surface area contributed by atoms with Gasteiger partial charge in [-0.25, -0.2) is 4.79 Å². The minimum atomic E-state index is -0.914. The first-order valence-electron chi connectivity index (χ1n) is 7.83. The fraction of sp³-hybridized carbons (Fsp3) is 0.263. The van der Waals surface area contributed by atoms with Crippen LogP contribution in [0.2, 0.25) is 0 Å². The molecule has 0 aromatic heterocycles. The van der Waals surface area contributed by atoms with Gasteiger partial charge in [0.05, 0.1) is 12.7 Å². The summed E-state index contributed by atoms with van der Waals surface area (Å²) >= 11 is 0. The second kappa shape index (κ2) is 6.35. The van der Waals surface area contributed by atoms with Crippen LogP contribution in [-0.2, 0) is 4.79 Å². The van der Waals surface area contributed by atoms with E-state index in [1.165, 1.54) is 7.11 Å². The molecule has 1 aromatic carbocycles. The van der Waals surface area contributed by atoms with E-state index < -0.39 is 5.97 Å². The van der Waals surface area contributed by atoms with Gasteiger partial charge >= 0.3 is 5.97 Å². The van der Waals surface area contributed by atoms with Crippen molar-refractivity contribution in [2.45, 2.75) is 25.8 Å². The van der Waals surface area contributed by atoms with Gasteiger partial charge in [0.1, 0.15) is 5.75 Å². The molecule has 0 fully saturated rings. The number of aliphatic carboxylic acids is 1. The van der Waals surface area contributed by atoms with Crippen LogP contribution in [0.5, 0.6) is 5.75 Å². The van der Waals surface area contributed by atoms with Crippen LogP contribution in [-0.4, -0.2) is 35.0 Å². The third-order valence-electron chi connectivity index (χ3n) is 4.40. The number of ether oxygens (including phenoxy) is 1. The lowest BCUT2D eigenvalue weighted by molar-refractivity contribution is -0.133. The molecule has 24 heavy (non-hydrogen) atoms. The molecule has 1 amide bonds. The number of carboxylic acids is 1. The molecule has 2 aliphatic rings. The number of allylic oxidation sites excluding steroid dienone is 4. The molecule has 0 saturated carbocycles. The molecule has 124 valence electrons. The summed E-state index contributed by atoms with van der Waals surface area (Å²) in [5.41, 5.74) is 2.25. The molecule has 1 atom stereocenters. The quantitative estimate of drug-likeness (QED) is 0.927. The Morgan fingerprint density at radius 1 is 1.29 bits per heavy atom. The predicted molar refractivity (Wildman–Crippen MR) is 89.7 cm³/mol. The van der Waals surface area contributed by atoms with Crippen molar-refractivity contribution >= 4 is 11.9 Å². The van der Waals surface area contributed by atoms with E-state index >= 15 is 0 Å². The summed E-state index contributed by atoms with van der Waals surface area (Å²) in [5.74, 6) is -0.581. The van der Waals surface area contributed by atoms with Gasteiger partial charge in [0, 0.05) is 23.7 Å². The molecule has 0 saturated heterocycles. The zero-order valence-corrected chi connectivity index (χ0v) is 13.7. The number of carbonyl (C=O) groups is 2. The first kappa shape index (κ1) is 16.1. The SMILES string of the molecule is COc1ccccc1C(=O)N1C2=CC=CCC2=C(C(=O)O)CC1C. The summed E-state index contributed by atoms with van der Waals surface area (Å²) in [6.07, 6.45) is 6.43. The van der Waals surface area contributed by atoms with Crippen molar-refractivity contribution in [3.8, 4) is 5.75 Å². The second-order valence-corrected chi connectivity index (χ2v) is 5.88. The van der Waals surface area contributed by atoms with Crippen LogP contribution < -0.4 is 4.74 Å². The highest BCUT2D eigenvalue weighted by Gasteiger charge is 2.36. The molecule has 1 N–H and O–H groups in total. The molecule has 0 spiro atoms. The predicted octanol–water partition coefficient (Wildman–Crippen LogP) is 3.15. The molecule has 1 heterocycles. The number of benzene rings is 1. The van der Waals surface area contributed by atoms with Crippen LogP contribution in [0.1, 0.15) is 30.1 Å². The number of fused-ring (bicyclic) bond motifs is 1. The third-order valence-corrected chi connectivity index (χ3v) is 4.40. The van der Waals surface area contributed by atoms with E-state index in [-0.39, 0.29) is 11.9 Å². The largest absolute Gasteiger partial charge is 0.496 e. The van der Waals surface area contributed by atoms with E-state index in [4.69, 9.17) is 4.74 Å². The lowest BCUT2D eigenvalue weighted by atomic mass is 9.87. The summed E-state index contributed by atoms with van der Waals surface area (Å²) < 4.78 is 5.30. The van der Waals surface area contributed by atoms with Gasteiger partial charge in [-0.15, -0.1) is 0 Å². The summed E-state index contributed by atoms with van der Waals surface area (Å²) in [6, 6.07) is 6.83. The molecule has 3 rings (SSSR count). The summed E-state index contributed by atoms with van der Waals surface area (Å²) in [5, 5.41) is 9.49. The molecule has 0 bridgehead atoms. The maximum Gasteiger partial charge on any atom is 0.332 e. The summed E-state index contributed by atoms with van der Waals surface area (Å²) in [4.78, 5) is 26.4. The molecule has 1 aliphatic carbocycles. The molecule has 1 unspecified atom stereocenters. The number of nitrogens with zero attached hydrogens (tertiary/aromatic N) is 1. The molecule has 5 nitrogen and oxygen atoms in total. The first-order chi connectivity index (χ1) is 11.5. The van der Waals surface area contributed by atoms with Gasteiger partial charge in [-0.3, -0.25) is 4.79 Å². The van der Waals surface area contributed by atoms with Crippen molar-refractivity contribution in [2.75, 3.05) is 7.11 Å². The van der Waals surface area contributed by atoms with Crippen LogP contribution >= 0.6 is 0 Å². The van der Waals surface area contributed by atoms with Gasteiger partial charge in [0.25, 0.3) is 5.91 Å². The second-order valence-electron chi connectivity index (χ2n) is 5.88. The molecule has 0 radical (unpaired) electrons. The van der Waals surface area contributed by atoms with Crippen molar-refractivity contribution in [3.63, 3.8) is 0 Å². The maximum absolute atomic E-state index is 13.1.